The first-order valence-corrected chi connectivity index (χ1v) is 6.83. The summed E-state index contributed by atoms with van der Waals surface area (Å²) in [6, 6.07) is 6.22. The van der Waals surface area contributed by atoms with Crippen molar-refractivity contribution in [2.24, 2.45) is 11.7 Å². The van der Waals surface area contributed by atoms with Crippen LogP contribution in [0.15, 0.2) is 18.2 Å². The molecule has 0 aromatic heterocycles. The molecule has 1 aromatic rings. The van der Waals surface area contributed by atoms with E-state index in [1.54, 1.807) is 7.11 Å². The maximum absolute atomic E-state index is 5.85. The summed E-state index contributed by atoms with van der Waals surface area (Å²) in [7, 11) is 1.69. The summed E-state index contributed by atoms with van der Waals surface area (Å²) in [6.45, 7) is 1.59. The van der Waals surface area contributed by atoms with Crippen molar-refractivity contribution in [3.05, 3.63) is 23.8 Å². The molecule has 0 amide bonds. The average molecular weight is 249 g/mol. The summed E-state index contributed by atoms with van der Waals surface area (Å²) in [6.07, 6.45) is 5.87. The van der Waals surface area contributed by atoms with Crippen LogP contribution in [-0.2, 0) is 6.42 Å². The Bertz CT molecular complexity index is 375. The van der Waals surface area contributed by atoms with E-state index >= 15 is 0 Å². The zero-order valence-corrected chi connectivity index (χ0v) is 11.2. The standard InChI is InChI=1S/C15H23NO2/c1-17-14-8-7-12(4-2-3-9-16)10-15(14)18-11-13-5-6-13/h7-8,10,13H,2-6,9,11,16H2,1H3. The molecule has 1 aromatic carbocycles. The van der Waals surface area contributed by atoms with Gasteiger partial charge >= 0.3 is 0 Å². The molecule has 0 aliphatic heterocycles. The van der Waals surface area contributed by atoms with Crippen molar-refractivity contribution in [1.29, 1.82) is 0 Å². The van der Waals surface area contributed by atoms with E-state index in [0.717, 1.165) is 49.8 Å². The van der Waals surface area contributed by atoms with E-state index in [1.165, 1.54) is 18.4 Å². The summed E-state index contributed by atoms with van der Waals surface area (Å²) in [5.74, 6) is 2.48. The third-order valence-corrected chi connectivity index (χ3v) is 3.32. The number of aryl methyl sites for hydroxylation is 1. The minimum absolute atomic E-state index is 0.760. The van der Waals surface area contributed by atoms with Crippen LogP contribution in [0.5, 0.6) is 11.5 Å². The molecule has 2 rings (SSSR count). The molecule has 1 aliphatic rings. The van der Waals surface area contributed by atoms with Crippen LogP contribution >= 0.6 is 0 Å². The zero-order valence-electron chi connectivity index (χ0n) is 11.2. The normalized spacial score (nSPS) is 14.6. The molecule has 1 aliphatic carbocycles. The van der Waals surface area contributed by atoms with Gasteiger partial charge in [-0.25, -0.2) is 0 Å². The van der Waals surface area contributed by atoms with Gasteiger partial charge in [-0.05, 0) is 62.3 Å². The first-order valence-electron chi connectivity index (χ1n) is 6.83. The second-order valence-electron chi connectivity index (χ2n) is 4.99. The predicted octanol–water partition coefficient (Wildman–Crippen LogP) is 2.77. The molecule has 18 heavy (non-hydrogen) atoms. The van der Waals surface area contributed by atoms with Gasteiger partial charge in [0.15, 0.2) is 11.5 Å². The molecule has 0 saturated heterocycles. The largest absolute Gasteiger partial charge is 0.493 e. The summed E-state index contributed by atoms with van der Waals surface area (Å²) in [5.41, 5.74) is 6.81. The summed E-state index contributed by atoms with van der Waals surface area (Å²) in [4.78, 5) is 0. The van der Waals surface area contributed by atoms with Crippen molar-refractivity contribution < 1.29 is 9.47 Å². The Morgan fingerprint density at radius 1 is 1.22 bits per heavy atom. The van der Waals surface area contributed by atoms with Crippen molar-refractivity contribution in [2.75, 3.05) is 20.3 Å². The van der Waals surface area contributed by atoms with E-state index in [4.69, 9.17) is 15.2 Å². The molecule has 0 radical (unpaired) electrons. The Balaban J connectivity index is 1.95. The van der Waals surface area contributed by atoms with Gasteiger partial charge in [0.25, 0.3) is 0 Å². The van der Waals surface area contributed by atoms with Crippen molar-refractivity contribution in [3.8, 4) is 11.5 Å². The van der Waals surface area contributed by atoms with Gasteiger partial charge < -0.3 is 15.2 Å². The maximum Gasteiger partial charge on any atom is 0.161 e. The Kier molecular flexibility index (Phi) is 4.88. The number of nitrogens with two attached hydrogens (primary N) is 1. The third kappa shape index (κ3) is 3.91. The highest BCUT2D eigenvalue weighted by Gasteiger charge is 2.22. The highest BCUT2D eigenvalue weighted by Crippen LogP contribution is 2.33. The first-order chi connectivity index (χ1) is 8.83. The van der Waals surface area contributed by atoms with E-state index in [2.05, 4.69) is 12.1 Å². The van der Waals surface area contributed by atoms with E-state index < -0.39 is 0 Å². The van der Waals surface area contributed by atoms with Gasteiger partial charge in [-0.1, -0.05) is 6.07 Å². The monoisotopic (exact) mass is 249 g/mol. The van der Waals surface area contributed by atoms with Crippen LogP contribution in [0.1, 0.15) is 31.2 Å². The van der Waals surface area contributed by atoms with Crippen molar-refractivity contribution in [1.82, 2.24) is 0 Å². The molecule has 0 spiro atoms. The first kappa shape index (κ1) is 13.2. The smallest absolute Gasteiger partial charge is 0.161 e. The fraction of sp³-hybridized carbons (Fsp3) is 0.600. The number of benzene rings is 1. The lowest BCUT2D eigenvalue weighted by molar-refractivity contribution is 0.280. The highest BCUT2D eigenvalue weighted by molar-refractivity contribution is 5.43. The number of unbranched alkanes of at least 4 members (excludes halogenated alkanes) is 1. The number of hydrogen-bond acceptors (Lipinski definition) is 3. The number of rotatable bonds is 8. The van der Waals surface area contributed by atoms with Crippen LogP contribution in [0.3, 0.4) is 0 Å². The number of ether oxygens (including phenoxy) is 2. The Morgan fingerprint density at radius 2 is 2.06 bits per heavy atom. The number of methoxy groups -OCH3 is 1. The molecule has 0 bridgehead atoms. The molecular weight excluding hydrogens is 226 g/mol. The van der Waals surface area contributed by atoms with E-state index in [1.807, 2.05) is 6.07 Å². The lowest BCUT2D eigenvalue weighted by Crippen LogP contribution is -2.02. The molecular formula is C15H23NO2. The van der Waals surface area contributed by atoms with Crippen LogP contribution in [0.4, 0.5) is 0 Å². The minimum Gasteiger partial charge on any atom is -0.493 e. The van der Waals surface area contributed by atoms with Gasteiger partial charge in [-0.15, -0.1) is 0 Å². The van der Waals surface area contributed by atoms with Gasteiger partial charge in [-0.2, -0.15) is 0 Å². The van der Waals surface area contributed by atoms with Crippen molar-refractivity contribution in [2.45, 2.75) is 32.1 Å². The maximum atomic E-state index is 5.85. The average Bonchev–Trinajstić information content (AvgIpc) is 3.21. The Hall–Kier alpha value is -1.22. The van der Waals surface area contributed by atoms with Gasteiger partial charge in [0.2, 0.25) is 0 Å². The van der Waals surface area contributed by atoms with E-state index in [-0.39, 0.29) is 0 Å². The fourth-order valence-corrected chi connectivity index (χ4v) is 1.96. The molecule has 1 saturated carbocycles. The molecule has 2 N–H and O–H groups in total. The second kappa shape index (κ2) is 6.64. The summed E-state index contributed by atoms with van der Waals surface area (Å²) in [5, 5.41) is 0. The van der Waals surface area contributed by atoms with Crippen LogP contribution in [0.2, 0.25) is 0 Å². The SMILES string of the molecule is COc1ccc(CCCCN)cc1OCC1CC1. The van der Waals surface area contributed by atoms with Gasteiger partial charge in [0, 0.05) is 0 Å². The summed E-state index contributed by atoms with van der Waals surface area (Å²) >= 11 is 0. The lowest BCUT2D eigenvalue weighted by atomic mass is 10.1. The second-order valence-corrected chi connectivity index (χ2v) is 4.99. The summed E-state index contributed by atoms with van der Waals surface area (Å²) < 4.78 is 11.2. The fourth-order valence-electron chi connectivity index (χ4n) is 1.96. The lowest BCUT2D eigenvalue weighted by Gasteiger charge is -2.12. The topological polar surface area (TPSA) is 44.5 Å². The molecule has 100 valence electrons. The van der Waals surface area contributed by atoms with Crippen LogP contribution in [-0.4, -0.2) is 20.3 Å². The quantitative estimate of drug-likeness (QED) is 0.720. The van der Waals surface area contributed by atoms with Crippen molar-refractivity contribution in [3.63, 3.8) is 0 Å². The van der Waals surface area contributed by atoms with Gasteiger partial charge in [0.05, 0.1) is 13.7 Å². The highest BCUT2D eigenvalue weighted by atomic mass is 16.5. The van der Waals surface area contributed by atoms with Crippen molar-refractivity contribution >= 4 is 0 Å². The Labute approximate surface area is 109 Å². The van der Waals surface area contributed by atoms with E-state index in [0.29, 0.717) is 0 Å². The Morgan fingerprint density at radius 3 is 2.72 bits per heavy atom. The van der Waals surface area contributed by atoms with Crippen LogP contribution in [0.25, 0.3) is 0 Å². The van der Waals surface area contributed by atoms with Crippen LogP contribution < -0.4 is 15.2 Å². The molecule has 3 heteroatoms. The minimum atomic E-state index is 0.760. The molecule has 0 atom stereocenters. The molecule has 1 fully saturated rings. The third-order valence-electron chi connectivity index (χ3n) is 3.32. The molecule has 0 unspecified atom stereocenters. The number of hydrogen-bond donors (Lipinski definition) is 1. The molecule has 3 nitrogen and oxygen atoms in total. The zero-order chi connectivity index (χ0) is 12.8. The molecule has 0 heterocycles. The van der Waals surface area contributed by atoms with E-state index in [9.17, 15) is 0 Å². The van der Waals surface area contributed by atoms with Crippen LogP contribution in [0, 0.1) is 5.92 Å². The van der Waals surface area contributed by atoms with Gasteiger partial charge in [-0.3, -0.25) is 0 Å². The van der Waals surface area contributed by atoms with Gasteiger partial charge in [0.1, 0.15) is 0 Å². The predicted molar refractivity (Wildman–Crippen MR) is 73.2 cm³/mol.